The van der Waals surface area contributed by atoms with E-state index in [9.17, 15) is 14.4 Å². The summed E-state index contributed by atoms with van der Waals surface area (Å²) in [5, 5.41) is 0.722. The number of amides is 2. The van der Waals surface area contributed by atoms with Crippen LogP contribution in [0.4, 0.5) is 0 Å². The molecule has 1 saturated heterocycles. The molecule has 0 N–H and O–H groups in total. The summed E-state index contributed by atoms with van der Waals surface area (Å²) in [6, 6.07) is 16.7. The lowest BCUT2D eigenvalue weighted by Gasteiger charge is -2.32. The standard InChI is InChI=1S/C28H31N3O5/c1-4-36-28(34)20-8-7-15-31(17-20)26(32)18-30(2)27(33)23-16-25(19-11-13-21(35-3)14-12-19)29-24-10-6-5-9-22(23)24/h5-6,9-14,16,20H,4,7-8,15,17-18H2,1-3H3. The summed E-state index contributed by atoms with van der Waals surface area (Å²) in [5.41, 5.74) is 2.69. The van der Waals surface area contributed by atoms with E-state index in [1.54, 1.807) is 32.0 Å². The molecule has 1 aromatic heterocycles. The minimum atomic E-state index is -0.320. The van der Waals surface area contributed by atoms with E-state index in [1.165, 1.54) is 4.90 Å². The molecule has 8 heteroatoms. The van der Waals surface area contributed by atoms with Gasteiger partial charge in [-0.15, -0.1) is 0 Å². The molecule has 0 saturated carbocycles. The minimum Gasteiger partial charge on any atom is -0.497 e. The zero-order valence-corrected chi connectivity index (χ0v) is 20.9. The van der Waals surface area contributed by atoms with Crippen LogP contribution in [0.15, 0.2) is 54.6 Å². The second-order valence-corrected chi connectivity index (χ2v) is 8.89. The van der Waals surface area contributed by atoms with Crippen molar-refractivity contribution in [2.24, 2.45) is 5.92 Å². The van der Waals surface area contributed by atoms with Crippen LogP contribution in [0.25, 0.3) is 22.2 Å². The third kappa shape index (κ3) is 5.48. The van der Waals surface area contributed by atoms with E-state index in [4.69, 9.17) is 14.5 Å². The molecule has 188 valence electrons. The molecule has 1 aliphatic rings. The van der Waals surface area contributed by atoms with Crippen LogP contribution in [0.2, 0.25) is 0 Å². The molecule has 0 bridgehead atoms. The lowest BCUT2D eigenvalue weighted by Crippen LogP contribution is -2.47. The zero-order valence-electron chi connectivity index (χ0n) is 20.9. The van der Waals surface area contributed by atoms with Crippen molar-refractivity contribution in [2.75, 3.05) is 40.4 Å². The molecule has 1 fully saturated rings. The summed E-state index contributed by atoms with van der Waals surface area (Å²) >= 11 is 0. The molecule has 1 aliphatic heterocycles. The number of hydrogen-bond donors (Lipinski definition) is 0. The van der Waals surface area contributed by atoms with Gasteiger partial charge in [-0.1, -0.05) is 18.2 Å². The van der Waals surface area contributed by atoms with Gasteiger partial charge in [0.25, 0.3) is 5.91 Å². The van der Waals surface area contributed by atoms with Gasteiger partial charge >= 0.3 is 5.97 Å². The Labute approximate surface area is 210 Å². The number of hydrogen-bond acceptors (Lipinski definition) is 6. The molecule has 0 radical (unpaired) electrons. The Balaban J connectivity index is 1.55. The Morgan fingerprint density at radius 1 is 1.11 bits per heavy atom. The van der Waals surface area contributed by atoms with Crippen LogP contribution in [-0.2, 0) is 14.3 Å². The average molecular weight is 490 g/mol. The number of pyridine rings is 1. The Morgan fingerprint density at radius 3 is 2.58 bits per heavy atom. The number of piperidine rings is 1. The summed E-state index contributed by atoms with van der Waals surface area (Å²) in [6.07, 6.45) is 1.43. The first-order chi connectivity index (χ1) is 17.4. The smallest absolute Gasteiger partial charge is 0.310 e. The van der Waals surface area contributed by atoms with Gasteiger partial charge in [-0.3, -0.25) is 14.4 Å². The highest BCUT2D eigenvalue weighted by Gasteiger charge is 2.30. The lowest BCUT2D eigenvalue weighted by molar-refractivity contribution is -0.151. The van der Waals surface area contributed by atoms with Gasteiger partial charge in [0.1, 0.15) is 5.75 Å². The third-order valence-corrected chi connectivity index (χ3v) is 6.45. The number of rotatable bonds is 7. The Morgan fingerprint density at radius 2 is 1.86 bits per heavy atom. The van der Waals surface area contributed by atoms with E-state index >= 15 is 0 Å². The van der Waals surface area contributed by atoms with Crippen molar-refractivity contribution in [2.45, 2.75) is 19.8 Å². The van der Waals surface area contributed by atoms with Gasteiger partial charge in [-0.2, -0.15) is 0 Å². The van der Waals surface area contributed by atoms with Gasteiger partial charge in [-0.25, -0.2) is 4.98 Å². The second kappa shape index (κ2) is 11.2. The van der Waals surface area contributed by atoms with Gasteiger partial charge in [-0.05, 0) is 56.2 Å². The third-order valence-electron chi connectivity index (χ3n) is 6.45. The largest absolute Gasteiger partial charge is 0.497 e. The highest BCUT2D eigenvalue weighted by atomic mass is 16.5. The van der Waals surface area contributed by atoms with Gasteiger partial charge in [0, 0.05) is 31.1 Å². The van der Waals surface area contributed by atoms with Gasteiger partial charge in [0.2, 0.25) is 5.91 Å². The normalized spacial score (nSPS) is 15.4. The number of likely N-dealkylation sites (N-methyl/N-ethyl adjacent to an activating group) is 1. The molecule has 2 amide bonds. The van der Waals surface area contributed by atoms with Gasteiger partial charge in [0.15, 0.2) is 0 Å². The highest BCUT2D eigenvalue weighted by molar-refractivity contribution is 6.07. The molecule has 4 rings (SSSR count). The number of carbonyl (C=O) groups is 3. The van der Waals surface area contributed by atoms with Crippen molar-refractivity contribution in [1.82, 2.24) is 14.8 Å². The van der Waals surface area contributed by atoms with Crippen molar-refractivity contribution >= 4 is 28.7 Å². The molecule has 2 heterocycles. The number of fused-ring (bicyclic) bond motifs is 1. The average Bonchev–Trinajstić information content (AvgIpc) is 2.92. The van der Waals surface area contributed by atoms with Crippen molar-refractivity contribution in [3.63, 3.8) is 0 Å². The molecule has 1 unspecified atom stereocenters. The fourth-order valence-corrected chi connectivity index (χ4v) is 4.50. The number of esters is 1. The lowest BCUT2D eigenvalue weighted by atomic mass is 9.98. The van der Waals surface area contributed by atoms with Crippen LogP contribution in [0.5, 0.6) is 5.75 Å². The van der Waals surface area contributed by atoms with Crippen molar-refractivity contribution in [1.29, 1.82) is 0 Å². The van der Waals surface area contributed by atoms with Crippen LogP contribution in [0.3, 0.4) is 0 Å². The number of ether oxygens (including phenoxy) is 2. The molecule has 2 aromatic carbocycles. The van der Waals surface area contributed by atoms with Crippen molar-refractivity contribution in [3.8, 4) is 17.0 Å². The summed E-state index contributed by atoms with van der Waals surface area (Å²) in [5.74, 6) is -0.310. The van der Waals surface area contributed by atoms with Gasteiger partial charge in [0.05, 0.1) is 43.0 Å². The zero-order chi connectivity index (χ0) is 25.7. The predicted molar refractivity (Wildman–Crippen MR) is 137 cm³/mol. The molecule has 1 atom stereocenters. The molecular weight excluding hydrogens is 458 g/mol. The van der Waals surface area contributed by atoms with Crippen LogP contribution in [0.1, 0.15) is 30.1 Å². The molecule has 36 heavy (non-hydrogen) atoms. The number of likely N-dealkylation sites (tertiary alicyclic amines) is 1. The number of benzene rings is 2. The monoisotopic (exact) mass is 489 g/mol. The Bertz CT molecular complexity index is 1260. The van der Waals surface area contributed by atoms with Gasteiger partial charge < -0.3 is 19.3 Å². The van der Waals surface area contributed by atoms with E-state index in [0.29, 0.717) is 42.9 Å². The first-order valence-electron chi connectivity index (χ1n) is 12.1. The fraction of sp³-hybridized carbons (Fsp3) is 0.357. The van der Waals surface area contributed by atoms with E-state index in [0.717, 1.165) is 23.1 Å². The molecule has 0 aliphatic carbocycles. The van der Waals surface area contributed by atoms with E-state index in [1.807, 2.05) is 48.5 Å². The first kappa shape index (κ1) is 25.2. The number of carbonyl (C=O) groups excluding carboxylic acids is 3. The number of nitrogens with zero attached hydrogens (tertiary/aromatic N) is 3. The maximum Gasteiger partial charge on any atom is 0.310 e. The molecule has 8 nitrogen and oxygen atoms in total. The molecule has 3 aromatic rings. The Hall–Kier alpha value is -3.94. The number of para-hydroxylation sites is 1. The minimum absolute atomic E-state index is 0.0805. The Kier molecular flexibility index (Phi) is 7.83. The number of aromatic nitrogens is 1. The summed E-state index contributed by atoms with van der Waals surface area (Å²) < 4.78 is 10.4. The predicted octanol–water partition coefficient (Wildman–Crippen LogP) is 3.78. The van der Waals surface area contributed by atoms with Crippen LogP contribution in [-0.4, -0.2) is 73.0 Å². The van der Waals surface area contributed by atoms with Crippen LogP contribution in [0, 0.1) is 5.92 Å². The summed E-state index contributed by atoms with van der Waals surface area (Å²) in [6.45, 7) is 2.89. The first-order valence-corrected chi connectivity index (χ1v) is 12.1. The fourth-order valence-electron chi connectivity index (χ4n) is 4.50. The topological polar surface area (TPSA) is 89.0 Å². The quantitative estimate of drug-likeness (QED) is 0.469. The molecular formula is C28H31N3O5. The molecule has 0 spiro atoms. The van der Waals surface area contributed by atoms with Crippen LogP contribution >= 0.6 is 0 Å². The van der Waals surface area contributed by atoms with E-state index < -0.39 is 0 Å². The highest BCUT2D eigenvalue weighted by Crippen LogP contribution is 2.27. The SMILES string of the molecule is CCOC(=O)C1CCCN(C(=O)CN(C)C(=O)c2cc(-c3ccc(OC)cc3)nc3ccccc23)C1. The van der Waals surface area contributed by atoms with E-state index in [-0.39, 0.29) is 30.2 Å². The summed E-state index contributed by atoms with van der Waals surface area (Å²) in [4.78, 5) is 46.6. The van der Waals surface area contributed by atoms with Crippen molar-refractivity contribution in [3.05, 3.63) is 60.2 Å². The van der Waals surface area contributed by atoms with Crippen molar-refractivity contribution < 1.29 is 23.9 Å². The maximum atomic E-state index is 13.6. The maximum absolute atomic E-state index is 13.6. The number of methoxy groups -OCH3 is 1. The van der Waals surface area contributed by atoms with Crippen LogP contribution < -0.4 is 4.74 Å². The van der Waals surface area contributed by atoms with E-state index in [2.05, 4.69) is 0 Å². The summed E-state index contributed by atoms with van der Waals surface area (Å²) in [7, 11) is 3.23. The second-order valence-electron chi connectivity index (χ2n) is 8.89.